The maximum atomic E-state index is 6.64. The number of hydrogen-bond donors (Lipinski definition) is 1. The van der Waals surface area contributed by atoms with Crippen molar-refractivity contribution in [1.29, 1.82) is 0 Å². The van der Waals surface area contributed by atoms with Crippen LogP contribution in [-0.4, -0.2) is 9.97 Å². The largest absolute Gasteiger partial charge is 0.397 e. The summed E-state index contributed by atoms with van der Waals surface area (Å²) in [5.41, 5.74) is 8.93. The molecule has 1 unspecified atom stereocenters. The van der Waals surface area contributed by atoms with Gasteiger partial charge < -0.3 is 5.73 Å². The minimum atomic E-state index is -0.911. The molecule has 0 saturated carbocycles. The first-order chi connectivity index (χ1) is 8.82. The highest BCUT2D eigenvalue weighted by molar-refractivity contribution is 6.34. The van der Waals surface area contributed by atoms with E-state index in [1.165, 1.54) is 0 Å². The number of rotatable bonds is 2. The number of benzene rings is 1. The minimum absolute atomic E-state index is 0.462. The number of anilines is 1. The van der Waals surface area contributed by atoms with Gasteiger partial charge >= 0.3 is 0 Å². The molecule has 0 aliphatic heterocycles. The van der Waals surface area contributed by atoms with Gasteiger partial charge in [0.2, 0.25) is 0 Å². The number of para-hydroxylation sites is 1. The van der Waals surface area contributed by atoms with Crippen molar-refractivity contribution in [3.8, 4) is 0 Å². The molecular weight excluding hydrogens is 281 g/mol. The van der Waals surface area contributed by atoms with Crippen molar-refractivity contribution in [1.82, 2.24) is 9.97 Å². The van der Waals surface area contributed by atoms with Crippen LogP contribution in [0.3, 0.4) is 0 Å². The fourth-order valence-corrected chi connectivity index (χ4v) is 2.43. The van der Waals surface area contributed by atoms with Crippen LogP contribution in [0.5, 0.6) is 0 Å². The van der Waals surface area contributed by atoms with E-state index in [4.69, 9.17) is 28.9 Å². The number of alkyl halides is 1. The smallest absolute Gasteiger partial charge is 0.154 e. The summed E-state index contributed by atoms with van der Waals surface area (Å²) < 4.78 is 0. The van der Waals surface area contributed by atoms with Crippen molar-refractivity contribution in [2.75, 3.05) is 5.73 Å². The number of hydrogen-bond acceptors (Lipinski definition) is 3. The number of aromatic nitrogens is 2. The summed E-state index contributed by atoms with van der Waals surface area (Å²) in [5.74, 6) is 0.528. The van der Waals surface area contributed by atoms with Crippen LogP contribution in [0.15, 0.2) is 24.3 Å². The first-order valence-electron chi connectivity index (χ1n) is 5.88. The van der Waals surface area contributed by atoms with Crippen molar-refractivity contribution in [2.24, 2.45) is 0 Å². The second-order valence-corrected chi connectivity index (χ2v) is 5.84. The maximum Gasteiger partial charge on any atom is 0.154 e. The molecule has 5 heteroatoms. The van der Waals surface area contributed by atoms with Gasteiger partial charge in [-0.2, -0.15) is 0 Å². The number of nitrogens with zero attached hydrogens (tertiary/aromatic N) is 2. The molecule has 0 aliphatic carbocycles. The molecule has 0 fully saturated rings. The van der Waals surface area contributed by atoms with Gasteiger partial charge in [0, 0.05) is 17.0 Å². The number of aryl methyl sites for hydroxylation is 2. The molecule has 100 valence electrons. The highest BCUT2D eigenvalue weighted by atomic mass is 35.5. The summed E-state index contributed by atoms with van der Waals surface area (Å²) in [6.45, 7) is 5.64. The number of nitrogens with two attached hydrogens (primary N) is 1. The van der Waals surface area contributed by atoms with Crippen LogP contribution < -0.4 is 5.73 Å². The number of nitrogen functional groups attached to an aromatic ring is 1. The third-order valence-electron chi connectivity index (χ3n) is 2.96. The predicted octanol–water partition coefficient (Wildman–Crippen LogP) is 3.83. The summed E-state index contributed by atoms with van der Waals surface area (Å²) in [6, 6.07) is 7.29. The Morgan fingerprint density at radius 2 is 1.74 bits per heavy atom. The van der Waals surface area contributed by atoms with Gasteiger partial charge in [0.05, 0.1) is 10.7 Å². The Morgan fingerprint density at radius 1 is 1.16 bits per heavy atom. The maximum absolute atomic E-state index is 6.64. The molecule has 0 aliphatic rings. The van der Waals surface area contributed by atoms with E-state index in [1.807, 2.05) is 39.0 Å². The van der Waals surface area contributed by atoms with Crippen LogP contribution in [0.1, 0.15) is 29.7 Å². The van der Waals surface area contributed by atoms with Crippen molar-refractivity contribution in [2.45, 2.75) is 25.6 Å². The van der Waals surface area contributed by atoms with Crippen molar-refractivity contribution in [3.05, 3.63) is 52.1 Å². The molecule has 1 heterocycles. The van der Waals surface area contributed by atoms with Gasteiger partial charge in [0.15, 0.2) is 5.82 Å². The molecular formula is C14H15Cl2N3. The topological polar surface area (TPSA) is 51.8 Å². The zero-order valence-electron chi connectivity index (χ0n) is 11.0. The van der Waals surface area contributed by atoms with E-state index < -0.39 is 4.87 Å². The average Bonchev–Trinajstić information content (AvgIpc) is 2.31. The van der Waals surface area contributed by atoms with Crippen LogP contribution in [0.2, 0.25) is 5.02 Å². The molecule has 0 amide bonds. The van der Waals surface area contributed by atoms with Crippen molar-refractivity contribution < 1.29 is 0 Å². The van der Waals surface area contributed by atoms with Gasteiger partial charge in [0.1, 0.15) is 4.87 Å². The lowest BCUT2D eigenvalue weighted by Crippen LogP contribution is -2.22. The van der Waals surface area contributed by atoms with Crippen LogP contribution >= 0.6 is 23.2 Å². The summed E-state index contributed by atoms with van der Waals surface area (Å²) in [7, 11) is 0. The highest BCUT2D eigenvalue weighted by Gasteiger charge is 2.32. The van der Waals surface area contributed by atoms with Crippen LogP contribution in [-0.2, 0) is 4.87 Å². The van der Waals surface area contributed by atoms with Gasteiger partial charge in [0.25, 0.3) is 0 Å². The summed E-state index contributed by atoms with van der Waals surface area (Å²) in [6.07, 6.45) is 0. The number of halogens is 2. The second-order valence-electron chi connectivity index (χ2n) is 4.68. The fourth-order valence-electron chi connectivity index (χ4n) is 2.00. The third kappa shape index (κ3) is 2.67. The lowest BCUT2D eigenvalue weighted by Gasteiger charge is -2.23. The van der Waals surface area contributed by atoms with E-state index in [9.17, 15) is 0 Å². The molecule has 0 radical (unpaired) electrons. The Kier molecular flexibility index (Phi) is 3.70. The zero-order chi connectivity index (χ0) is 14.2. The lowest BCUT2D eigenvalue weighted by atomic mass is 9.97. The van der Waals surface area contributed by atoms with Gasteiger partial charge in [-0.25, -0.2) is 9.97 Å². The Hall–Kier alpha value is -1.32. The quantitative estimate of drug-likeness (QED) is 0.677. The molecule has 19 heavy (non-hydrogen) atoms. The first-order valence-corrected chi connectivity index (χ1v) is 6.64. The van der Waals surface area contributed by atoms with Crippen LogP contribution in [0.4, 0.5) is 5.69 Å². The van der Waals surface area contributed by atoms with Crippen LogP contribution in [0.25, 0.3) is 0 Å². The van der Waals surface area contributed by atoms with Gasteiger partial charge in [-0.1, -0.05) is 23.7 Å². The molecule has 2 N–H and O–H groups in total. The predicted molar refractivity (Wildman–Crippen MR) is 79.7 cm³/mol. The third-order valence-corrected chi connectivity index (χ3v) is 3.66. The van der Waals surface area contributed by atoms with E-state index in [0.717, 1.165) is 11.4 Å². The Labute approximate surface area is 122 Å². The minimum Gasteiger partial charge on any atom is -0.397 e. The summed E-state index contributed by atoms with van der Waals surface area (Å²) in [4.78, 5) is 7.91. The molecule has 3 nitrogen and oxygen atoms in total. The molecule has 1 atom stereocenters. The monoisotopic (exact) mass is 295 g/mol. The average molecular weight is 296 g/mol. The Bertz CT molecular complexity index is 604. The lowest BCUT2D eigenvalue weighted by molar-refractivity contribution is 0.727. The molecule has 0 spiro atoms. The Balaban J connectivity index is 2.61. The van der Waals surface area contributed by atoms with E-state index in [-0.39, 0.29) is 0 Å². The molecule has 1 aromatic carbocycles. The standard InChI is InChI=1S/C14H15Cl2N3/c1-8-7-9(2)19-13(18-8)14(3,16)10-5-4-6-11(15)12(10)17/h4-7H,17H2,1-3H3. The highest BCUT2D eigenvalue weighted by Crippen LogP contribution is 2.39. The van der Waals surface area contributed by atoms with E-state index in [2.05, 4.69) is 9.97 Å². The van der Waals surface area contributed by atoms with Crippen molar-refractivity contribution >= 4 is 28.9 Å². The Morgan fingerprint density at radius 3 is 2.32 bits per heavy atom. The molecule has 2 rings (SSSR count). The summed E-state index contributed by atoms with van der Waals surface area (Å²) in [5, 5.41) is 0.480. The normalized spacial score (nSPS) is 14.2. The van der Waals surface area contributed by atoms with Gasteiger partial charge in [-0.15, -0.1) is 11.6 Å². The SMILES string of the molecule is Cc1cc(C)nc(C(C)(Cl)c2cccc(Cl)c2N)n1. The van der Waals surface area contributed by atoms with Gasteiger partial charge in [-0.3, -0.25) is 0 Å². The zero-order valence-corrected chi connectivity index (χ0v) is 12.5. The van der Waals surface area contributed by atoms with Crippen LogP contribution in [0, 0.1) is 13.8 Å². The van der Waals surface area contributed by atoms with Crippen molar-refractivity contribution in [3.63, 3.8) is 0 Å². The molecule has 0 bridgehead atoms. The van der Waals surface area contributed by atoms with E-state index in [0.29, 0.717) is 22.1 Å². The molecule has 0 saturated heterocycles. The molecule has 1 aromatic heterocycles. The first kappa shape index (κ1) is 14.1. The van der Waals surface area contributed by atoms with E-state index in [1.54, 1.807) is 6.07 Å². The molecule has 2 aromatic rings. The second kappa shape index (κ2) is 4.99. The summed E-state index contributed by atoms with van der Waals surface area (Å²) >= 11 is 12.7. The van der Waals surface area contributed by atoms with E-state index >= 15 is 0 Å². The van der Waals surface area contributed by atoms with Gasteiger partial charge in [-0.05, 0) is 32.9 Å². The fraction of sp³-hybridized carbons (Fsp3) is 0.286.